The highest BCUT2D eigenvalue weighted by Gasteiger charge is 1.90. The van der Waals surface area contributed by atoms with Gasteiger partial charge in [0.05, 0.1) is 5.83 Å². The minimum absolute atomic E-state index is 0.0468. The van der Waals surface area contributed by atoms with Gasteiger partial charge in [-0.3, -0.25) is 0 Å². The van der Waals surface area contributed by atoms with E-state index in [2.05, 4.69) is 6.92 Å². The molecule has 0 N–H and O–H groups in total. The fourth-order valence-corrected chi connectivity index (χ4v) is 1.15. The van der Waals surface area contributed by atoms with Crippen LogP contribution in [0.2, 0.25) is 0 Å². The van der Waals surface area contributed by atoms with Crippen LogP contribution in [-0.2, 0) is 0 Å². The van der Waals surface area contributed by atoms with Crippen LogP contribution in [-0.4, -0.2) is 0 Å². The van der Waals surface area contributed by atoms with Gasteiger partial charge >= 0.3 is 0 Å². The summed E-state index contributed by atoms with van der Waals surface area (Å²) in [7, 11) is 0. The van der Waals surface area contributed by atoms with Crippen molar-refractivity contribution in [1.82, 2.24) is 0 Å². The highest BCUT2D eigenvalue weighted by atomic mass is 19.1. The Morgan fingerprint density at radius 1 is 1.08 bits per heavy atom. The van der Waals surface area contributed by atoms with Gasteiger partial charge < -0.3 is 0 Å². The maximum Gasteiger partial charge on any atom is 0.0957 e. The van der Waals surface area contributed by atoms with Crippen molar-refractivity contribution in [3.8, 4) is 0 Å². The highest BCUT2D eigenvalue weighted by Crippen LogP contribution is 2.09. The average molecular weight is 172 g/mol. The maximum atomic E-state index is 12.6. The summed E-state index contributed by atoms with van der Waals surface area (Å²) in [6.07, 6.45) is 9.50. The molecule has 0 saturated carbocycles. The van der Waals surface area contributed by atoms with Crippen molar-refractivity contribution < 1.29 is 4.39 Å². The molecule has 0 amide bonds. The van der Waals surface area contributed by atoms with Gasteiger partial charge in [-0.05, 0) is 19.3 Å². The van der Waals surface area contributed by atoms with Crippen LogP contribution in [0.3, 0.4) is 0 Å². The van der Waals surface area contributed by atoms with E-state index >= 15 is 0 Å². The summed E-state index contributed by atoms with van der Waals surface area (Å²) in [6, 6.07) is 0. The Bertz CT molecular complexity index is 116. The van der Waals surface area contributed by atoms with Gasteiger partial charge in [0.2, 0.25) is 0 Å². The molecule has 0 aliphatic carbocycles. The quantitative estimate of drug-likeness (QED) is 0.492. The van der Waals surface area contributed by atoms with Crippen LogP contribution < -0.4 is 0 Å². The average Bonchev–Trinajstić information content (AvgIpc) is 2.10. The van der Waals surface area contributed by atoms with Crippen LogP contribution >= 0.6 is 0 Å². The third-order valence-electron chi connectivity index (χ3n) is 2.01. The molecular weight excluding hydrogens is 151 g/mol. The Hall–Kier alpha value is -0.330. The normalized spacial score (nSPS) is 12.1. The van der Waals surface area contributed by atoms with Crippen LogP contribution in [0.1, 0.15) is 58.8 Å². The number of hydrogen-bond acceptors (Lipinski definition) is 0. The lowest BCUT2D eigenvalue weighted by Crippen LogP contribution is -1.77. The molecule has 0 unspecified atom stereocenters. The van der Waals surface area contributed by atoms with E-state index in [4.69, 9.17) is 0 Å². The van der Waals surface area contributed by atoms with Crippen LogP contribution in [0.25, 0.3) is 0 Å². The van der Waals surface area contributed by atoms with Crippen LogP contribution in [0, 0.1) is 0 Å². The van der Waals surface area contributed by atoms with Crippen LogP contribution in [0.4, 0.5) is 4.39 Å². The van der Waals surface area contributed by atoms with E-state index in [-0.39, 0.29) is 5.83 Å². The minimum atomic E-state index is 0.0468. The Morgan fingerprint density at radius 3 is 2.33 bits per heavy atom. The van der Waals surface area contributed by atoms with Crippen molar-refractivity contribution >= 4 is 0 Å². The Balaban J connectivity index is 3.10. The molecule has 0 aliphatic rings. The highest BCUT2D eigenvalue weighted by molar-refractivity contribution is 4.89. The summed E-state index contributed by atoms with van der Waals surface area (Å²) in [5, 5.41) is 0. The van der Waals surface area contributed by atoms with E-state index in [1.54, 1.807) is 6.08 Å². The summed E-state index contributed by atoms with van der Waals surface area (Å²) in [4.78, 5) is 0. The fraction of sp³-hybridized carbons (Fsp3) is 0.818. The zero-order valence-electron chi connectivity index (χ0n) is 8.41. The lowest BCUT2D eigenvalue weighted by Gasteiger charge is -1.96. The molecule has 0 nitrogen and oxygen atoms in total. The number of halogens is 1. The summed E-state index contributed by atoms with van der Waals surface area (Å²) in [5.74, 6) is 0.0468. The SMILES string of the molecule is CCCCCCC/C=C(\F)CC. The third-order valence-corrected chi connectivity index (χ3v) is 2.01. The van der Waals surface area contributed by atoms with Gasteiger partial charge in [0, 0.05) is 0 Å². The lowest BCUT2D eigenvalue weighted by molar-refractivity contribution is 0.587. The van der Waals surface area contributed by atoms with Gasteiger partial charge in [0.1, 0.15) is 0 Å². The molecule has 0 aromatic rings. The van der Waals surface area contributed by atoms with Crippen molar-refractivity contribution in [2.45, 2.75) is 58.8 Å². The predicted molar refractivity (Wildman–Crippen MR) is 52.9 cm³/mol. The fourth-order valence-electron chi connectivity index (χ4n) is 1.15. The zero-order valence-corrected chi connectivity index (χ0v) is 8.41. The number of allylic oxidation sites excluding steroid dienone is 2. The van der Waals surface area contributed by atoms with Crippen molar-refractivity contribution in [2.75, 3.05) is 0 Å². The molecule has 0 heterocycles. The molecule has 0 bridgehead atoms. The number of rotatable bonds is 7. The first-order chi connectivity index (χ1) is 5.81. The van der Waals surface area contributed by atoms with Gasteiger partial charge in [0.25, 0.3) is 0 Å². The van der Waals surface area contributed by atoms with Crippen molar-refractivity contribution in [3.05, 3.63) is 11.9 Å². The molecule has 0 saturated heterocycles. The molecule has 0 aliphatic heterocycles. The van der Waals surface area contributed by atoms with Gasteiger partial charge in [-0.15, -0.1) is 0 Å². The van der Waals surface area contributed by atoms with Gasteiger partial charge in [-0.25, -0.2) is 4.39 Å². The van der Waals surface area contributed by atoms with Crippen molar-refractivity contribution in [2.24, 2.45) is 0 Å². The molecule has 72 valence electrons. The molecule has 1 heteroatoms. The van der Waals surface area contributed by atoms with E-state index in [1.165, 1.54) is 25.7 Å². The van der Waals surface area contributed by atoms with E-state index < -0.39 is 0 Å². The Kier molecular flexibility index (Phi) is 8.52. The van der Waals surface area contributed by atoms with Crippen molar-refractivity contribution in [1.29, 1.82) is 0 Å². The first kappa shape index (κ1) is 11.7. The van der Waals surface area contributed by atoms with Gasteiger partial charge in [-0.1, -0.05) is 45.6 Å². The topological polar surface area (TPSA) is 0 Å². The lowest BCUT2D eigenvalue weighted by atomic mass is 10.1. The molecule has 0 spiro atoms. The molecule has 0 rings (SSSR count). The van der Waals surface area contributed by atoms with Crippen molar-refractivity contribution in [3.63, 3.8) is 0 Å². The van der Waals surface area contributed by atoms with E-state index in [0.29, 0.717) is 6.42 Å². The second-order valence-electron chi connectivity index (χ2n) is 3.21. The summed E-state index contributed by atoms with van der Waals surface area (Å²) in [5.41, 5.74) is 0. The van der Waals surface area contributed by atoms with Crippen LogP contribution in [0.5, 0.6) is 0 Å². The molecule has 0 aromatic heterocycles. The first-order valence-electron chi connectivity index (χ1n) is 5.15. The smallest absolute Gasteiger partial charge is 0.0957 e. The summed E-state index contributed by atoms with van der Waals surface area (Å²) < 4.78 is 12.6. The maximum absolute atomic E-state index is 12.6. The molecule has 0 aromatic carbocycles. The molecule has 0 atom stereocenters. The molecular formula is C11H21F. The summed E-state index contributed by atoms with van der Waals surface area (Å²) in [6.45, 7) is 4.06. The van der Waals surface area contributed by atoms with E-state index in [0.717, 1.165) is 12.8 Å². The number of hydrogen-bond donors (Lipinski definition) is 0. The number of unbranched alkanes of at least 4 members (excludes halogenated alkanes) is 5. The Morgan fingerprint density at radius 2 is 1.75 bits per heavy atom. The van der Waals surface area contributed by atoms with Gasteiger partial charge in [-0.2, -0.15) is 0 Å². The minimum Gasteiger partial charge on any atom is -0.212 e. The first-order valence-corrected chi connectivity index (χ1v) is 5.15. The molecule has 12 heavy (non-hydrogen) atoms. The predicted octanol–water partition coefficient (Wildman–Crippen LogP) is 4.61. The largest absolute Gasteiger partial charge is 0.212 e. The van der Waals surface area contributed by atoms with Crippen LogP contribution in [0.15, 0.2) is 11.9 Å². The second kappa shape index (κ2) is 8.76. The van der Waals surface area contributed by atoms with Gasteiger partial charge in [0.15, 0.2) is 0 Å². The zero-order chi connectivity index (χ0) is 9.23. The Labute approximate surface area is 75.9 Å². The second-order valence-corrected chi connectivity index (χ2v) is 3.21. The standard InChI is InChI=1S/C11H21F/c1-3-5-6-7-8-9-10-11(12)4-2/h10H,3-9H2,1-2H3/b11-10-. The van der Waals surface area contributed by atoms with E-state index in [1.807, 2.05) is 6.92 Å². The molecule has 0 fully saturated rings. The summed E-state index contributed by atoms with van der Waals surface area (Å²) >= 11 is 0. The van der Waals surface area contributed by atoms with E-state index in [9.17, 15) is 4.39 Å². The molecule has 0 radical (unpaired) electrons. The third kappa shape index (κ3) is 7.77. The monoisotopic (exact) mass is 172 g/mol.